The molecule has 0 aliphatic rings. The van der Waals surface area contributed by atoms with E-state index < -0.39 is 0 Å². The molecule has 6 heteroatoms. The zero-order chi connectivity index (χ0) is 13.1. The Hall–Kier alpha value is -1.52. The summed E-state index contributed by atoms with van der Waals surface area (Å²) in [6.45, 7) is 0.330. The minimum atomic E-state index is -0.177. The Balaban J connectivity index is 2.03. The lowest BCUT2D eigenvalue weighted by molar-refractivity contribution is 0.0950. The van der Waals surface area contributed by atoms with Gasteiger partial charge in [-0.25, -0.2) is 0 Å². The van der Waals surface area contributed by atoms with E-state index in [2.05, 4.69) is 10.4 Å². The van der Waals surface area contributed by atoms with Crippen molar-refractivity contribution in [3.63, 3.8) is 0 Å². The molecule has 0 radical (unpaired) electrons. The van der Waals surface area contributed by atoms with Crippen LogP contribution in [0.2, 0.25) is 10.0 Å². The van der Waals surface area contributed by atoms with E-state index in [-0.39, 0.29) is 5.91 Å². The number of hydrogen-bond acceptors (Lipinski definition) is 2. The van der Waals surface area contributed by atoms with Crippen molar-refractivity contribution in [3.05, 3.63) is 51.8 Å². The third-order valence-corrected chi connectivity index (χ3v) is 3.10. The smallest absolute Gasteiger partial charge is 0.251 e. The first kappa shape index (κ1) is 12.9. The number of rotatable bonds is 3. The van der Waals surface area contributed by atoms with E-state index in [0.29, 0.717) is 22.2 Å². The van der Waals surface area contributed by atoms with E-state index >= 15 is 0 Å². The van der Waals surface area contributed by atoms with Crippen LogP contribution in [-0.4, -0.2) is 15.7 Å². The third kappa shape index (κ3) is 2.83. The fourth-order valence-corrected chi connectivity index (χ4v) is 1.86. The second-order valence-electron chi connectivity index (χ2n) is 3.75. The summed E-state index contributed by atoms with van der Waals surface area (Å²) in [5.41, 5.74) is 1.32. The zero-order valence-electron chi connectivity index (χ0n) is 9.65. The van der Waals surface area contributed by atoms with Gasteiger partial charge < -0.3 is 5.32 Å². The van der Waals surface area contributed by atoms with E-state index in [1.165, 1.54) is 0 Å². The molecule has 0 aliphatic heterocycles. The summed E-state index contributed by atoms with van der Waals surface area (Å²) in [5.74, 6) is -0.177. The number of halogens is 2. The highest BCUT2D eigenvalue weighted by molar-refractivity contribution is 6.31. The zero-order valence-corrected chi connectivity index (χ0v) is 11.2. The Morgan fingerprint density at radius 3 is 2.56 bits per heavy atom. The number of carbonyl (C=O) groups is 1. The molecule has 0 bridgehead atoms. The number of hydrogen-bond donors (Lipinski definition) is 1. The number of amides is 1. The van der Waals surface area contributed by atoms with Gasteiger partial charge in [-0.1, -0.05) is 23.2 Å². The molecule has 0 saturated heterocycles. The first-order chi connectivity index (χ1) is 8.58. The van der Waals surface area contributed by atoms with Crippen molar-refractivity contribution in [3.8, 4) is 0 Å². The van der Waals surface area contributed by atoms with Gasteiger partial charge in [0.05, 0.1) is 23.5 Å². The second-order valence-corrected chi connectivity index (χ2v) is 4.60. The lowest BCUT2D eigenvalue weighted by atomic mass is 10.2. The Kier molecular flexibility index (Phi) is 3.89. The molecule has 1 amide bonds. The molecule has 0 saturated carbocycles. The van der Waals surface area contributed by atoms with Gasteiger partial charge in [-0.2, -0.15) is 5.10 Å². The van der Waals surface area contributed by atoms with E-state index in [1.54, 1.807) is 42.2 Å². The molecular weight excluding hydrogens is 273 g/mol. The van der Waals surface area contributed by atoms with Crippen LogP contribution in [0.1, 0.15) is 16.1 Å². The number of benzene rings is 1. The van der Waals surface area contributed by atoms with Gasteiger partial charge in [0.25, 0.3) is 5.91 Å². The van der Waals surface area contributed by atoms with E-state index in [4.69, 9.17) is 23.2 Å². The van der Waals surface area contributed by atoms with Gasteiger partial charge in [0.1, 0.15) is 0 Å². The molecule has 1 N–H and O–H groups in total. The molecule has 1 heterocycles. The van der Waals surface area contributed by atoms with Gasteiger partial charge in [-0.15, -0.1) is 0 Å². The molecule has 4 nitrogen and oxygen atoms in total. The summed E-state index contributed by atoms with van der Waals surface area (Å²) in [7, 11) is 1.77. The molecular formula is C12H11Cl2N3O. The summed E-state index contributed by atoms with van der Waals surface area (Å²) in [6, 6.07) is 6.69. The van der Waals surface area contributed by atoms with E-state index in [9.17, 15) is 4.79 Å². The topological polar surface area (TPSA) is 46.9 Å². The van der Waals surface area contributed by atoms with Gasteiger partial charge in [0.15, 0.2) is 0 Å². The number of aryl methyl sites for hydroxylation is 1. The molecule has 0 atom stereocenters. The fourth-order valence-electron chi connectivity index (χ4n) is 1.50. The molecule has 18 heavy (non-hydrogen) atoms. The Morgan fingerprint density at radius 1 is 1.33 bits per heavy atom. The molecule has 94 valence electrons. The standard InChI is InChI=1S/C12H11Cl2N3O/c1-17-11(10(14)6-16-17)7-15-12(18)8-2-4-9(13)5-3-8/h2-6H,7H2,1H3,(H,15,18). The monoisotopic (exact) mass is 283 g/mol. The number of carbonyl (C=O) groups excluding carboxylic acids is 1. The van der Waals surface area contributed by atoms with Crippen LogP contribution < -0.4 is 5.32 Å². The molecule has 2 rings (SSSR count). The predicted octanol–water partition coefficient (Wildman–Crippen LogP) is 2.66. The summed E-state index contributed by atoms with van der Waals surface area (Å²) in [4.78, 5) is 11.8. The Bertz CT molecular complexity index is 544. The molecule has 1 aromatic heterocycles. The minimum Gasteiger partial charge on any atom is -0.346 e. The number of nitrogens with one attached hydrogen (secondary N) is 1. The van der Waals surface area contributed by atoms with Gasteiger partial charge in [0, 0.05) is 17.6 Å². The van der Waals surface area contributed by atoms with Crippen molar-refractivity contribution >= 4 is 29.1 Å². The summed E-state index contributed by atoms with van der Waals surface area (Å²) >= 11 is 11.7. The van der Waals surface area contributed by atoms with Crippen LogP contribution in [0.3, 0.4) is 0 Å². The van der Waals surface area contributed by atoms with Gasteiger partial charge >= 0.3 is 0 Å². The maximum absolute atomic E-state index is 11.8. The largest absolute Gasteiger partial charge is 0.346 e. The highest BCUT2D eigenvalue weighted by Gasteiger charge is 2.09. The van der Waals surface area contributed by atoms with E-state index in [1.807, 2.05) is 0 Å². The lowest BCUT2D eigenvalue weighted by Gasteiger charge is -2.06. The predicted molar refractivity (Wildman–Crippen MR) is 70.8 cm³/mol. The summed E-state index contributed by atoms with van der Waals surface area (Å²) in [5, 5.41) is 7.90. The lowest BCUT2D eigenvalue weighted by Crippen LogP contribution is -2.24. The van der Waals surface area contributed by atoms with Gasteiger partial charge in [-0.05, 0) is 24.3 Å². The quantitative estimate of drug-likeness (QED) is 0.941. The van der Waals surface area contributed by atoms with E-state index in [0.717, 1.165) is 5.69 Å². The van der Waals surface area contributed by atoms with Crippen LogP contribution in [0.15, 0.2) is 30.5 Å². The second kappa shape index (κ2) is 5.42. The third-order valence-electron chi connectivity index (χ3n) is 2.53. The van der Waals surface area contributed by atoms with Crippen molar-refractivity contribution in [2.45, 2.75) is 6.54 Å². The SMILES string of the molecule is Cn1ncc(Cl)c1CNC(=O)c1ccc(Cl)cc1. The Labute approximate surface area is 115 Å². The highest BCUT2D eigenvalue weighted by atomic mass is 35.5. The van der Waals surface area contributed by atoms with Crippen molar-refractivity contribution in [1.29, 1.82) is 0 Å². The average molecular weight is 284 g/mol. The van der Waals surface area contributed by atoms with Crippen molar-refractivity contribution in [2.24, 2.45) is 7.05 Å². The average Bonchev–Trinajstić information content (AvgIpc) is 2.67. The van der Waals surface area contributed by atoms with Crippen LogP contribution >= 0.6 is 23.2 Å². The van der Waals surface area contributed by atoms with Crippen molar-refractivity contribution in [1.82, 2.24) is 15.1 Å². The van der Waals surface area contributed by atoms with Crippen LogP contribution in [0.4, 0.5) is 0 Å². The molecule has 1 aromatic carbocycles. The molecule has 0 fully saturated rings. The normalized spacial score (nSPS) is 10.4. The highest BCUT2D eigenvalue weighted by Crippen LogP contribution is 2.14. The van der Waals surface area contributed by atoms with Crippen molar-refractivity contribution in [2.75, 3.05) is 0 Å². The first-order valence-electron chi connectivity index (χ1n) is 5.28. The first-order valence-corrected chi connectivity index (χ1v) is 6.03. The maximum atomic E-state index is 11.8. The van der Waals surface area contributed by atoms with Crippen LogP contribution in [0.5, 0.6) is 0 Å². The van der Waals surface area contributed by atoms with Gasteiger partial charge in [0.2, 0.25) is 0 Å². The minimum absolute atomic E-state index is 0.177. The summed E-state index contributed by atoms with van der Waals surface area (Å²) in [6.07, 6.45) is 1.55. The molecule has 0 spiro atoms. The van der Waals surface area contributed by atoms with Crippen molar-refractivity contribution < 1.29 is 4.79 Å². The van der Waals surface area contributed by atoms with Gasteiger partial charge in [-0.3, -0.25) is 9.48 Å². The molecule has 0 aliphatic carbocycles. The Morgan fingerprint density at radius 2 is 2.00 bits per heavy atom. The fraction of sp³-hybridized carbons (Fsp3) is 0.167. The number of aromatic nitrogens is 2. The molecule has 0 unspecified atom stereocenters. The van der Waals surface area contributed by atoms with Crippen LogP contribution in [0.25, 0.3) is 0 Å². The molecule has 2 aromatic rings. The van der Waals surface area contributed by atoms with Crippen LogP contribution in [0, 0.1) is 0 Å². The number of nitrogens with zero attached hydrogens (tertiary/aromatic N) is 2. The maximum Gasteiger partial charge on any atom is 0.251 e. The summed E-state index contributed by atoms with van der Waals surface area (Å²) < 4.78 is 1.63. The van der Waals surface area contributed by atoms with Crippen LogP contribution in [-0.2, 0) is 13.6 Å².